The number of rotatable bonds is 4. The molecule has 0 fully saturated rings. The molecule has 0 aliphatic carbocycles. The summed E-state index contributed by atoms with van der Waals surface area (Å²) >= 11 is 1.42. The van der Waals surface area contributed by atoms with Crippen LogP contribution >= 0.6 is 11.8 Å². The van der Waals surface area contributed by atoms with Gasteiger partial charge in [0.25, 0.3) is 0 Å². The summed E-state index contributed by atoms with van der Waals surface area (Å²) in [5, 5.41) is -0.122. The molecule has 0 aliphatic heterocycles. The smallest absolute Gasteiger partial charge is 0.150 e. The molecule has 0 aromatic rings. The van der Waals surface area contributed by atoms with Crippen molar-refractivity contribution in [2.45, 2.75) is 38.2 Å². The Kier molecular flexibility index (Phi) is 4.42. The molecule has 0 saturated heterocycles. The molecule has 0 saturated carbocycles. The number of carbonyl (C=O) groups excluding carboxylic acids is 2. The highest BCUT2D eigenvalue weighted by atomic mass is 32.2. The van der Waals surface area contributed by atoms with E-state index in [-0.39, 0.29) is 11.6 Å². The van der Waals surface area contributed by atoms with E-state index in [1.165, 1.54) is 25.6 Å². The molecule has 0 rings (SSSR count). The minimum Gasteiger partial charge on any atom is -0.298 e. The van der Waals surface area contributed by atoms with Gasteiger partial charge in [-0.3, -0.25) is 9.59 Å². The van der Waals surface area contributed by atoms with Gasteiger partial charge in [0.05, 0.1) is 0 Å². The maximum Gasteiger partial charge on any atom is 0.150 e. The number of carbonyl (C=O) groups is 2. The Morgan fingerprint density at radius 3 is 1.55 bits per heavy atom. The molecular formula is C8H14O2S. The second-order valence-electron chi connectivity index (χ2n) is 2.79. The molecule has 0 atom stereocenters. The maximum atomic E-state index is 10.9. The van der Waals surface area contributed by atoms with Crippen molar-refractivity contribution >= 4 is 23.3 Å². The minimum atomic E-state index is -0.449. The van der Waals surface area contributed by atoms with E-state index in [9.17, 15) is 9.59 Å². The number of Topliss-reactive ketones (excluding diaryl/α,β-unsaturated/α-hetero) is 2. The summed E-state index contributed by atoms with van der Waals surface area (Å²) < 4.78 is 0. The largest absolute Gasteiger partial charge is 0.298 e. The number of hydrogen-bond donors (Lipinski definition) is 0. The van der Waals surface area contributed by atoms with Crippen molar-refractivity contribution in [3.8, 4) is 0 Å². The second kappa shape index (κ2) is 4.54. The fourth-order valence-electron chi connectivity index (χ4n) is 0.750. The molecule has 2 nitrogen and oxygen atoms in total. The van der Waals surface area contributed by atoms with Gasteiger partial charge in [0, 0.05) is 5.25 Å². The zero-order valence-electron chi connectivity index (χ0n) is 7.38. The van der Waals surface area contributed by atoms with Gasteiger partial charge in [-0.1, -0.05) is 13.8 Å². The summed E-state index contributed by atoms with van der Waals surface area (Å²) in [4.78, 5) is 21.8. The lowest BCUT2D eigenvalue weighted by Gasteiger charge is -2.11. The van der Waals surface area contributed by atoms with Crippen LogP contribution in [-0.2, 0) is 9.59 Å². The average molecular weight is 174 g/mol. The fourth-order valence-corrected chi connectivity index (χ4v) is 1.68. The van der Waals surface area contributed by atoms with Crippen LogP contribution in [0, 0.1) is 0 Å². The van der Waals surface area contributed by atoms with E-state index in [2.05, 4.69) is 0 Å². The summed E-state index contributed by atoms with van der Waals surface area (Å²) in [6.45, 7) is 6.87. The Hall–Kier alpha value is -0.310. The van der Waals surface area contributed by atoms with Crippen LogP contribution in [0.2, 0.25) is 0 Å². The lowest BCUT2D eigenvalue weighted by molar-refractivity contribution is -0.123. The molecule has 64 valence electrons. The quantitative estimate of drug-likeness (QED) is 0.608. The standard InChI is InChI=1S/C8H14O2S/c1-5(2)11-8(6(3)9)7(4)10/h5,8H,1-4H3. The van der Waals surface area contributed by atoms with Crippen LogP contribution in [0.3, 0.4) is 0 Å². The molecule has 0 radical (unpaired) electrons. The Bertz CT molecular complexity index is 149. The van der Waals surface area contributed by atoms with E-state index in [4.69, 9.17) is 0 Å². The molecule has 0 aromatic heterocycles. The van der Waals surface area contributed by atoms with E-state index >= 15 is 0 Å². The molecule has 3 heteroatoms. The van der Waals surface area contributed by atoms with Gasteiger partial charge >= 0.3 is 0 Å². The van der Waals surface area contributed by atoms with Crippen molar-refractivity contribution in [3.05, 3.63) is 0 Å². The number of ketones is 2. The molecular weight excluding hydrogens is 160 g/mol. The van der Waals surface area contributed by atoms with Gasteiger partial charge in [0.1, 0.15) is 16.8 Å². The van der Waals surface area contributed by atoms with Crippen molar-refractivity contribution in [2.24, 2.45) is 0 Å². The predicted molar refractivity (Wildman–Crippen MR) is 47.9 cm³/mol. The van der Waals surface area contributed by atoms with Gasteiger partial charge in [0.2, 0.25) is 0 Å². The first-order valence-electron chi connectivity index (χ1n) is 3.61. The van der Waals surface area contributed by atoms with Crippen molar-refractivity contribution < 1.29 is 9.59 Å². The monoisotopic (exact) mass is 174 g/mol. The summed E-state index contributed by atoms with van der Waals surface area (Å²) in [6, 6.07) is 0. The van der Waals surface area contributed by atoms with Crippen molar-refractivity contribution in [1.29, 1.82) is 0 Å². The molecule has 0 unspecified atom stereocenters. The molecule has 0 bridgehead atoms. The maximum absolute atomic E-state index is 10.9. The SMILES string of the molecule is CC(=O)C(SC(C)C)C(C)=O. The van der Waals surface area contributed by atoms with Gasteiger partial charge in [-0.05, 0) is 13.8 Å². The van der Waals surface area contributed by atoms with Crippen LogP contribution in [0.4, 0.5) is 0 Å². The Morgan fingerprint density at radius 2 is 1.45 bits per heavy atom. The first-order chi connectivity index (χ1) is 4.95. The van der Waals surface area contributed by atoms with Crippen LogP contribution in [0.15, 0.2) is 0 Å². The van der Waals surface area contributed by atoms with Crippen molar-refractivity contribution in [2.75, 3.05) is 0 Å². The lowest BCUT2D eigenvalue weighted by Crippen LogP contribution is -2.23. The van der Waals surface area contributed by atoms with Crippen LogP contribution in [0.25, 0.3) is 0 Å². The summed E-state index contributed by atoms with van der Waals surface area (Å²) in [7, 11) is 0. The van der Waals surface area contributed by atoms with Crippen LogP contribution < -0.4 is 0 Å². The van der Waals surface area contributed by atoms with Gasteiger partial charge in [-0.25, -0.2) is 0 Å². The first-order valence-corrected chi connectivity index (χ1v) is 4.55. The highest BCUT2D eigenvalue weighted by Crippen LogP contribution is 2.18. The van der Waals surface area contributed by atoms with Crippen LogP contribution in [0.5, 0.6) is 0 Å². The molecule has 11 heavy (non-hydrogen) atoms. The predicted octanol–water partition coefficient (Wildman–Crippen LogP) is 1.67. The molecule has 0 aliphatic rings. The van der Waals surface area contributed by atoms with E-state index in [0.717, 1.165) is 0 Å². The molecule has 0 aromatic carbocycles. The third kappa shape index (κ3) is 4.19. The molecule has 0 heterocycles. The second-order valence-corrected chi connectivity index (χ2v) is 4.47. The minimum absolute atomic E-state index is 0.0452. The first kappa shape index (κ1) is 10.7. The van der Waals surface area contributed by atoms with Gasteiger partial charge in [-0.15, -0.1) is 11.8 Å². The van der Waals surface area contributed by atoms with Crippen molar-refractivity contribution in [1.82, 2.24) is 0 Å². The average Bonchev–Trinajstić information content (AvgIpc) is 1.81. The summed E-state index contributed by atoms with van der Waals surface area (Å²) in [5.41, 5.74) is 0. The highest BCUT2D eigenvalue weighted by molar-refractivity contribution is 8.01. The summed E-state index contributed by atoms with van der Waals surface area (Å²) in [6.07, 6.45) is 0. The zero-order chi connectivity index (χ0) is 9.02. The topological polar surface area (TPSA) is 34.1 Å². The van der Waals surface area contributed by atoms with Crippen LogP contribution in [0.1, 0.15) is 27.7 Å². The van der Waals surface area contributed by atoms with E-state index in [1.54, 1.807) is 0 Å². The van der Waals surface area contributed by atoms with E-state index in [0.29, 0.717) is 5.25 Å². The third-order valence-electron chi connectivity index (χ3n) is 1.15. The Balaban J connectivity index is 4.12. The molecule has 0 spiro atoms. The number of thioether (sulfide) groups is 1. The van der Waals surface area contributed by atoms with Crippen LogP contribution in [-0.4, -0.2) is 22.1 Å². The third-order valence-corrected chi connectivity index (χ3v) is 2.63. The lowest BCUT2D eigenvalue weighted by atomic mass is 10.2. The molecule has 0 amide bonds. The van der Waals surface area contributed by atoms with E-state index in [1.807, 2.05) is 13.8 Å². The van der Waals surface area contributed by atoms with Gasteiger partial charge < -0.3 is 0 Å². The zero-order valence-corrected chi connectivity index (χ0v) is 8.20. The van der Waals surface area contributed by atoms with Gasteiger partial charge in [0.15, 0.2) is 0 Å². The summed E-state index contributed by atoms with van der Waals surface area (Å²) in [5.74, 6) is -0.0904. The number of hydrogen-bond acceptors (Lipinski definition) is 3. The van der Waals surface area contributed by atoms with Crippen molar-refractivity contribution in [3.63, 3.8) is 0 Å². The Labute approximate surface area is 71.7 Å². The normalized spacial score (nSPS) is 10.7. The van der Waals surface area contributed by atoms with E-state index < -0.39 is 5.25 Å². The Morgan fingerprint density at radius 1 is 1.09 bits per heavy atom. The van der Waals surface area contributed by atoms with Gasteiger partial charge in [-0.2, -0.15) is 0 Å². The molecule has 0 N–H and O–H groups in total. The fraction of sp³-hybridized carbons (Fsp3) is 0.750. The highest BCUT2D eigenvalue weighted by Gasteiger charge is 2.20.